The van der Waals surface area contributed by atoms with Crippen LogP contribution in [0.5, 0.6) is 0 Å². The Bertz CT molecular complexity index is 1350. The van der Waals surface area contributed by atoms with Crippen LogP contribution < -0.4 is 5.32 Å². The number of aryl methyl sites for hydroxylation is 1. The first-order valence-electron chi connectivity index (χ1n) is 11.9. The second-order valence-electron chi connectivity index (χ2n) is 9.59. The second-order valence-corrected chi connectivity index (χ2v) is 9.59. The zero-order chi connectivity index (χ0) is 26.4. The van der Waals surface area contributed by atoms with Crippen LogP contribution in [0.15, 0.2) is 36.8 Å². The minimum atomic E-state index is -4.56. The molecule has 1 spiro atoms. The van der Waals surface area contributed by atoms with Gasteiger partial charge in [-0.3, -0.25) is 24.7 Å². The van der Waals surface area contributed by atoms with Crippen LogP contribution in [0.4, 0.5) is 17.6 Å². The molecule has 0 bridgehead atoms. The molecule has 0 unspecified atom stereocenters. The first-order valence-corrected chi connectivity index (χ1v) is 11.9. The zero-order valence-corrected chi connectivity index (χ0v) is 19.9. The monoisotopic (exact) mass is 516 g/mol. The summed E-state index contributed by atoms with van der Waals surface area (Å²) in [7, 11) is 0. The Morgan fingerprint density at radius 1 is 1.24 bits per heavy atom. The van der Waals surface area contributed by atoms with Crippen LogP contribution in [0.1, 0.15) is 53.0 Å². The fourth-order valence-corrected chi connectivity index (χ4v) is 4.97. The number of rotatable bonds is 5. The quantitative estimate of drug-likeness (QED) is 0.499. The lowest BCUT2D eigenvalue weighted by atomic mass is 9.88. The number of hydrogen-bond donors (Lipinski definition) is 2. The highest BCUT2D eigenvalue weighted by Crippen LogP contribution is 2.50. The van der Waals surface area contributed by atoms with Crippen molar-refractivity contribution in [3.8, 4) is 11.3 Å². The smallest absolute Gasteiger partial charge is 0.352 e. The van der Waals surface area contributed by atoms with Gasteiger partial charge < -0.3 is 10.2 Å². The number of alkyl halides is 3. The molecule has 37 heavy (non-hydrogen) atoms. The minimum absolute atomic E-state index is 0.0551. The summed E-state index contributed by atoms with van der Waals surface area (Å²) in [5.74, 6) is -1.59. The molecule has 1 atom stereocenters. The highest BCUT2D eigenvalue weighted by atomic mass is 19.4. The Kier molecular flexibility index (Phi) is 6.20. The predicted molar refractivity (Wildman–Crippen MR) is 123 cm³/mol. The van der Waals surface area contributed by atoms with Gasteiger partial charge in [0.15, 0.2) is 5.82 Å². The Labute approximate surface area is 209 Å². The van der Waals surface area contributed by atoms with Gasteiger partial charge in [-0.15, -0.1) is 0 Å². The number of carbonyl (C=O) groups excluding carboxylic acids is 2. The van der Waals surface area contributed by atoms with Gasteiger partial charge in [0.25, 0.3) is 5.91 Å². The molecule has 1 aliphatic heterocycles. The minimum Gasteiger partial charge on any atom is -0.352 e. The number of H-pyrrole nitrogens is 1. The lowest BCUT2D eigenvalue weighted by Gasteiger charge is -2.39. The Hall–Kier alpha value is -3.83. The number of aromatic nitrogens is 4. The normalized spacial score (nSPS) is 18.6. The number of hydrogen-bond acceptors (Lipinski definition) is 5. The lowest BCUT2D eigenvalue weighted by Crippen LogP contribution is -2.50. The van der Waals surface area contributed by atoms with E-state index >= 15 is 0 Å². The summed E-state index contributed by atoms with van der Waals surface area (Å²) in [5, 5.41) is 9.43. The maximum atomic E-state index is 14.2. The van der Waals surface area contributed by atoms with Crippen molar-refractivity contribution in [3.63, 3.8) is 0 Å². The first-order chi connectivity index (χ1) is 17.6. The molecule has 2 aliphatic rings. The van der Waals surface area contributed by atoms with Gasteiger partial charge in [0.2, 0.25) is 5.91 Å². The largest absolute Gasteiger partial charge is 0.418 e. The molecule has 12 heteroatoms. The van der Waals surface area contributed by atoms with Crippen molar-refractivity contribution < 1.29 is 27.2 Å². The standard InChI is InChI=1S/C25H24F4N6O2/c1-14-8-17(19(26)13-31-14)20-9-21(34-33-20)23(37)35-7-3-15(10-24(35)4-5-24)22(36)32-11-16-2-6-30-12-18(16)25(27,28)29/h2,6,8-9,12-13,15H,3-5,7,10-11H2,1H3,(H,32,36)(H,33,34)/t15-/m0/s1. The summed E-state index contributed by atoms with van der Waals surface area (Å²) in [5.41, 5.74) is -0.0503. The van der Waals surface area contributed by atoms with Crippen LogP contribution >= 0.6 is 0 Å². The summed E-state index contributed by atoms with van der Waals surface area (Å²) in [6.45, 7) is 1.78. The van der Waals surface area contributed by atoms with E-state index in [1.165, 1.54) is 18.3 Å². The van der Waals surface area contributed by atoms with Crippen molar-refractivity contribution in [2.24, 2.45) is 5.92 Å². The summed E-state index contributed by atoms with van der Waals surface area (Å²) in [4.78, 5) is 35.3. The molecule has 8 nitrogen and oxygen atoms in total. The number of halogens is 4. The number of pyridine rings is 2. The van der Waals surface area contributed by atoms with Gasteiger partial charge >= 0.3 is 6.18 Å². The van der Waals surface area contributed by atoms with Crippen LogP contribution in [0.25, 0.3) is 11.3 Å². The van der Waals surface area contributed by atoms with Crippen LogP contribution in [-0.2, 0) is 17.5 Å². The fraction of sp³-hybridized carbons (Fsp3) is 0.400. The van der Waals surface area contributed by atoms with Crippen molar-refractivity contribution in [3.05, 3.63) is 65.1 Å². The van der Waals surface area contributed by atoms with E-state index in [4.69, 9.17) is 0 Å². The van der Waals surface area contributed by atoms with Gasteiger partial charge in [0.1, 0.15) is 5.69 Å². The van der Waals surface area contributed by atoms with Gasteiger partial charge in [0.05, 0.1) is 17.5 Å². The van der Waals surface area contributed by atoms with Crippen molar-refractivity contribution in [2.45, 2.75) is 50.9 Å². The van der Waals surface area contributed by atoms with Crippen molar-refractivity contribution in [1.82, 2.24) is 30.4 Å². The molecule has 4 heterocycles. The summed E-state index contributed by atoms with van der Waals surface area (Å²) < 4.78 is 53.9. The molecule has 194 valence electrons. The van der Waals surface area contributed by atoms with E-state index in [2.05, 4.69) is 25.5 Å². The molecule has 0 radical (unpaired) electrons. The molecule has 1 aliphatic carbocycles. The van der Waals surface area contributed by atoms with Crippen LogP contribution in [0, 0.1) is 18.7 Å². The Morgan fingerprint density at radius 3 is 2.76 bits per heavy atom. The maximum absolute atomic E-state index is 14.2. The molecule has 2 N–H and O–H groups in total. The fourth-order valence-electron chi connectivity index (χ4n) is 4.97. The molecular formula is C25H24F4N6O2. The number of amides is 2. The maximum Gasteiger partial charge on any atom is 0.418 e. The first kappa shape index (κ1) is 24.8. The van der Waals surface area contributed by atoms with Crippen LogP contribution in [0.3, 0.4) is 0 Å². The number of nitrogens with zero attached hydrogens (tertiary/aromatic N) is 4. The van der Waals surface area contributed by atoms with Crippen molar-refractivity contribution in [2.75, 3.05) is 6.54 Å². The average molecular weight is 516 g/mol. The summed E-state index contributed by atoms with van der Waals surface area (Å²) in [6.07, 6.45) is 0.795. The van der Waals surface area contributed by atoms with Gasteiger partial charge in [-0.2, -0.15) is 18.3 Å². The molecule has 2 fully saturated rings. The van der Waals surface area contributed by atoms with Crippen LogP contribution in [-0.4, -0.2) is 49.0 Å². The van der Waals surface area contributed by atoms with E-state index in [0.29, 0.717) is 30.8 Å². The Balaban J connectivity index is 1.24. The number of piperidine rings is 1. The van der Waals surface area contributed by atoms with Crippen LogP contribution in [0.2, 0.25) is 0 Å². The third-order valence-corrected chi connectivity index (χ3v) is 7.09. The third-order valence-electron chi connectivity index (χ3n) is 7.09. The number of likely N-dealkylation sites (tertiary alicyclic amines) is 1. The number of nitrogens with one attached hydrogen (secondary N) is 2. The number of carbonyl (C=O) groups is 2. The Morgan fingerprint density at radius 2 is 2.03 bits per heavy atom. The van der Waals surface area contributed by atoms with Crippen molar-refractivity contribution >= 4 is 11.8 Å². The molecule has 5 rings (SSSR count). The third kappa shape index (κ3) is 4.92. The predicted octanol–water partition coefficient (Wildman–Crippen LogP) is 4.03. The molecule has 3 aromatic rings. The van der Waals surface area contributed by atoms with Gasteiger partial charge in [-0.05, 0) is 56.4 Å². The van der Waals surface area contributed by atoms with Gasteiger partial charge in [-0.25, -0.2) is 4.39 Å². The number of aromatic amines is 1. The molecule has 2 amide bonds. The summed E-state index contributed by atoms with van der Waals surface area (Å²) >= 11 is 0. The molecular weight excluding hydrogens is 492 g/mol. The van der Waals surface area contributed by atoms with Crippen molar-refractivity contribution in [1.29, 1.82) is 0 Å². The highest BCUT2D eigenvalue weighted by molar-refractivity contribution is 5.94. The van der Waals surface area contributed by atoms with Gasteiger partial charge in [-0.1, -0.05) is 0 Å². The lowest BCUT2D eigenvalue weighted by molar-refractivity contribution is -0.139. The van der Waals surface area contributed by atoms with E-state index in [0.717, 1.165) is 25.2 Å². The molecule has 1 saturated heterocycles. The van der Waals surface area contributed by atoms with Gasteiger partial charge in [0, 0.05) is 48.2 Å². The highest BCUT2D eigenvalue weighted by Gasteiger charge is 2.54. The second kappa shape index (κ2) is 9.24. The van der Waals surface area contributed by atoms with E-state index in [9.17, 15) is 27.2 Å². The zero-order valence-electron chi connectivity index (χ0n) is 19.9. The molecule has 1 saturated carbocycles. The summed E-state index contributed by atoms with van der Waals surface area (Å²) in [6, 6.07) is 4.29. The topological polar surface area (TPSA) is 104 Å². The van der Waals surface area contributed by atoms with E-state index in [1.807, 2.05) is 0 Å². The SMILES string of the molecule is Cc1cc(-c2cc(C(=O)N3CC[C@H](C(=O)NCc4ccncc4C(F)(F)F)CC34CC4)[nH]n2)c(F)cn1. The molecule has 0 aromatic carbocycles. The molecule has 3 aromatic heterocycles. The average Bonchev–Trinajstić information content (AvgIpc) is 3.44. The van der Waals surface area contributed by atoms with E-state index in [1.54, 1.807) is 17.9 Å². The van der Waals surface area contributed by atoms with E-state index in [-0.39, 0.29) is 35.2 Å². The van der Waals surface area contributed by atoms with E-state index < -0.39 is 29.0 Å².